The van der Waals surface area contributed by atoms with Gasteiger partial charge >= 0.3 is 0 Å². The van der Waals surface area contributed by atoms with E-state index in [4.69, 9.17) is 9.92 Å². The molecule has 0 saturated heterocycles. The zero-order valence-corrected chi connectivity index (χ0v) is 15.5. The van der Waals surface area contributed by atoms with Crippen molar-refractivity contribution in [2.75, 3.05) is 18.6 Å². The molecule has 2 heterocycles. The van der Waals surface area contributed by atoms with Crippen LogP contribution in [0.15, 0.2) is 46.6 Å². The highest BCUT2D eigenvalue weighted by molar-refractivity contribution is 7.99. The van der Waals surface area contributed by atoms with E-state index in [-0.39, 0.29) is 6.61 Å². The van der Waals surface area contributed by atoms with Crippen molar-refractivity contribution in [1.29, 1.82) is 0 Å². The number of imidazole rings is 1. The molecule has 0 saturated carbocycles. The highest BCUT2D eigenvalue weighted by atomic mass is 32.2. The van der Waals surface area contributed by atoms with Crippen LogP contribution in [0.5, 0.6) is 0 Å². The Morgan fingerprint density at radius 2 is 2.04 bits per heavy atom. The predicted molar refractivity (Wildman–Crippen MR) is 98.0 cm³/mol. The fourth-order valence-electron chi connectivity index (χ4n) is 2.39. The van der Waals surface area contributed by atoms with Gasteiger partial charge in [0.25, 0.3) is 10.1 Å². The molecule has 1 aromatic carbocycles. The van der Waals surface area contributed by atoms with Crippen molar-refractivity contribution in [3.63, 3.8) is 0 Å². The lowest BCUT2D eigenvalue weighted by Crippen LogP contribution is -2.11. The highest BCUT2D eigenvalue weighted by Crippen LogP contribution is 2.33. The smallest absolute Gasteiger partial charge is 0.264 e. The van der Waals surface area contributed by atoms with E-state index in [0.717, 1.165) is 22.2 Å². The van der Waals surface area contributed by atoms with E-state index in [1.54, 1.807) is 12.3 Å². The second kappa shape index (κ2) is 7.03. The maximum Gasteiger partial charge on any atom is 0.264 e. The number of hydrogen-bond donors (Lipinski definition) is 1. The highest BCUT2D eigenvalue weighted by Gasteiger charge is 2.16. The zero-order chi connectivity index (χ0) is 18.0. The molecular formula is C16H18N4O3S2. The Labute approximate surface area is 150 Å². The molecule has 9 heteroatoms. The topological polar surface area (TPSA) is 100 Å². The number of nitrogen functional groups attached to an aromatic ring is 1. The fraction of sp³-hybridized carbons (Fsp3) is 0.250. The fourth-order valence-corrected chi connectivity index (χ4v) is 3.78. The molecule has 0 spiro atoms. The molecule has 7 nitrogen and oxygen atoms in total. The molecular weight excluding hydrogens is 360 g/mol. The lowest BCUT2D eigenvalue weighted by atomic mass is 10.2. The predicted octanol–water partition coefficient (Wildman–Crippen LogP) is 2.45. The van der Waals surface area contributed by atoms with Gasteiger partial charge in [0.2, 0.25) is 0 Å². The van der Waals surface area contributed by atoms with Crippen molar-refractivity contribution in [2.24, 2.45) is 0 Å². The first-order valence-electron chi connectivity index (χ1n) is 7.54. The summed E-state index contributed by atoms with van der Waals surface area (Å²) in [5.41, 5.74) is 8.45. The number of rotatable bonds is 6. The maximum absolute atomic E-state index is 11.2. The van der Waals surface area contributed by atoms with Crippen LogP contribution in [-0.2, 0) is 20.8 Å². The first-order valence-corrected chi connectivity index (χ1v) is 10.2. The van der Waals surface area contributed by atoms with Crippen LogP contribution in [0.4, 0.5) is 5.82 Å². The number of aromatic nitrogens is 3. The summed E-state index contributed by atoms with van der Waals surface area (Å²) in [6.45, 7) is 2.38. The summed E-state index contributed by atoms with van der Waals surface area (Å²) in [7, 11) is -3.49. The van der Waals surface area contributed by atoms with Gasteiger partial charge in [-0.25, -0.2) is 9.97 Å². The minimum atomic E-state index is -3.49. The number of nitrogens with zero attached hydrogens (tertiary/aromatic N) is 3. The van der Waals surface area contributed by atoms with Crippen molar-refractivity contribution in [3.05, 3.63) is 42.1 Å². The average molecular weight is 378 g/mol. The first kappa shape index (κ1) is 17.7. The van der Waals surface area contributed by atoms with Crippen LogP contribution in [0.3, 0.4) is 0 Å². The maximum atomic E-state index is 11.2. The largest absolute Gasteiger partial charge is 0.382 e. The van der Waals surface area contributed by atoms with E-state index < -0.39 is 10.1 Å². The Bertz CT molecular complexity index is 1020. The molecule has 25 heavy (non-hydrogen) atoms. The molecule has 3 rings (SSSR count). The monoisotopic (exact) mass is 378 g/mol. The third-order valence-electron chi connectivity index (χ3n) is 3.57. The zero-order valence-electron chi connectivity index (χ0n) is 13.8. The van der Waals surface area contributed by atoms with Crippen LogP contribution in [0.2, 0.25) is 0 Å². The lowest BCUT2D eigenvalue weighted by Gasteiger charge is -2.10. The van der Waals surface area contributed by atoms with Gasteiger partial charge in [0.1, 0.15) is 5.52 Å². The number of hydrogen-bond acceptors (Lipinski definition) is 7. The summed E-state index contributed by atoms with van der Waals surface area (Å²) < 4.78 is 29.2. The van der Waals surface area contributed by atoms with E-state index >= 15 is 0 Å². The molecule has 0 radical (unpaired) electrons. The molecule has 132 valence electrons. The minimum Gasteiger partial charge on any atom is -0.382 e. The SMILES string of the molecule is Cc1ccccc1Sc1nc2c(N)nccc2n1CCOS(C)(=O)=O. The van der Waals surface area contributed by atoms with E-state index in [1.807, 2.05) is 35.8 Å². The summed E-state index contributed by atoms with van der Waals surface area (Å²) >= 11 is 1.50. The minimum absolute atomic E-state index is 0.0217. The van der Waals surface area contributed by atoms with Gasteiger partial charge < -0.3 is 10.3 Å². The Kier molecular flexibility index (Phi) is 4.98. The quantitative estimate of drug-likeness (QED) is 0.658. The standard InChI is InChI=1S/C16H18N4O3S2/c1-11-5-3-4-6-13(11)24-16-19-14-12(7-8-18-15(14)17)20(16)9-10-23-25(2,21)22/h3-8H,9-10H2,1-2H3,(H2,17,18). The van der Waals surface area contributed by atoms with Gasteiger partial charge in [-0.1, -0.05) is 30.0 Å². The van der Waals surface area contributed by atoms with Crippen LogP contribution in [0, 0.1) is 6.92 Å². The molecule has 2 aromatic heterocycles. The second-order valence-electron chi connectivity index (χ2n) is 5.50. The Morgan fingerprint density at radius 1 is 1.28 bits per heavy atom. The van der Waals surface area contributed by atoms with Crippen LogP contribution in [0.1, 0.15) is 5.56 Å². The molecule has 0 unspecified atom stereocenters. The molecule has 0 atom stereocenters. The van der Waals surface area contributed by atoms with Crippen LogP contribution < -0.4 is 5.73 Å². The van der Waals surface area contributed by atoms with Gasteiger partial charge in [0.15, 0.2) is 11.0 Å². The molecule has 2 N–H and O–H groups in total. The molecule has 3 aromatic rings. The molecule has 0 aliphatic carbocycles. The van der Waals surface area contributed by atoms with Crippen molar-refractivity contribution < 1.29 is 12.6 Å². The van der Waals surface area contributed by atoms with Gasteiger partial charge in [-0.15, -0.1) is 0 Å². The van der Waals surface area contributed by atoms with Crippen LogP contribution >= 0.6 is 11.8 Å². The van der Waals surface area contributed by atoms with Gasteiger partial charge in [-0.2, -0.15) is 8.42 Å². The summed E-state index contributed by atoms with van der Waals surface area (Å²) in [5, 5.41) is 0.709. The Morgan fingerprint density at radius 3 is 2.76 bits per heavy atom. The average Bonchev–Trinajstić information content (AvgIpc) is 2.88. The summed E-state index contributed by atoms with van der Waals surface area (Å²) in [6.07, 6.45) is 2.64. The molecule has 0 aliphatic heterocycles. The Balaban J connectivity index is 1.99. The lowest BCUT2D eigenvalue weighted by molar-refractivity contribution is 0.301. The first-order chi connectivity index (χ1) is 11.8. The van der Waals surface area contributed by atoms with Gasteiger partial charge in [-0.3, -0.25) is 4.18 Å². The molecule has 0 amide bonds. The second-order valence-corrected chi connectivity index (χ2v) is 8.16. The summed E-state index contributed by atoms with van der Waals surface area (Å²) in [6, 6.07) is 9.78. The van der Waals surface area contributed by atoms with E-state index in [9.17, 15) is 8.42 Å². The number of pyridine rings is 1. The third-order valence-corrected chi connectivity index (χ3v) is 5.33. The van der Waals surface area contributed by atoms with Gasteiger partial charge in [0.05, 0.1) is 24.9 Å². The van der Waals surface area contributed by atoms with Gasteiger partial charge in [0, 0.05) is 11.1 Å². The molecule has 0 bridgehead atoms. The number of aryl methyl sites for hydroxylation is 1. The number of benzene rings is 1. The van der Waals surface area contributed by atoms with Crippen LogP contribution in [-0.4, -0.2) is 35.8 Å². The van der Waals surface area contributed by atoms with Crippen molar-refractivity contribution >= 4 is 38.7 Å². The normalized spacial score (nSPS) is 11.9. The molecule has 0 fully saturated rings. The van der Waals surface area contributed by atoms with Crippen molar-refractivity contribution in [1.82, 2.24) is 14.5 Å². The number of nitrogens with two attached hydrogens (primary N) is 1. The Hall–Kier alpha value is -2.10. The summed E-state index contributed by atoms with van der Waals surface area (Å²) in [5.74, 6) is 0.340. The number of anilines is 1. The van der Waals surface area contributed by atoms with E-state index in [2.05, 4.69) is 9.97 Å². The summed E-state index contributed by atoms with van der Waals surface area (Å²) in [4.78, 5) is 9.73. The molecule has 0 aliphatic rings. The van der Waals surface area contributed by atoms with Gasteiger partial charge in [-0.05, 0) is 24.6 Å². The van der Waals surface area contributed by atoms with Crippen molar-refractivity contribution in [3.8, 4) is 0 Å². The third kappa shape index (κ3) is 4.12. The number of fused-ring (bicyclic) bond motifs is 1. The van der Waals surface area contributed by atoms with E-state index in [0.29, 0.717) is 23.0 Å². The van der Waals surface area contributed by atoms with Crippen LogP contribution in [0.25, 0.3) is 11.0 Å². The van der Waals surface area contributed by atoms with E-state index in [1.165, 1.54) is 11.8 Å². The van der Waals surface area contributed by atoms with Crippen molar-refractivity contribution in [2.45, 2.75) is 23.5 Å².